The molecule has 2 aromatic carbocycles. The minimum absolute atomic E-state index is 0. The lowest BCUT2D eigenvalue weighted by Gasteiger charge is -2.15. The van der Waals surface area contributed by atoms with Crippen LogP contribution in [0.3, 0.4) is 0 Å². The van der Waals surface area contributed by atoms with Crippen molar-refractivity contribution in [3.63, 3.8) is 0 Å². The van der Waals surface area contributed by atoms with Gasteiger partial charge in [0.1, 0.15) is 11.8 Å². The first-order valence-corrected chi connectivity index (χ1v) is 10.4. The van der Waals surface area contributed by atoms with Crippen molar-refractivity contribution in [1.82, 2.24) is 15.3 Å². The minimum Gasteiger partial charge on any atom is -0.494 e. The van der Waals surface area contributed by atoms with E-state index in [0.717, 1.165) is 24.9 Å². The highest BCUT2D eigenvalue weighted by molar-refractivity contribution is 5.96. The maximum atomic E-state index is 12.3. The lowest BCUT2D eigenvalue weighted by Crippen LogP contribution is -2.42. The molecule has 33 heavy (non-hydrogen) atoms. The van der Waals surface area contributed by atoms with Crippen LogP contribution in [0.4, 0.5) is 5.95 Å². The van der Waals surface area contributed by atoms with E-state index in [4.69, 9.17) is 4.74 Å². The summed E-state index contributed by atoms with van der Waals surface area (Å²) in [5.41, 5.74) is 1.22. The van der Waals surface area contributed by atoms with Crippen molar-refractivity contribution in [2.24, 2.45) is 0 Å². The molecule has 174 valence electrons. The first-order valence-electron chi connectivity index (χ1n) is 10.4. The van der Waals surface area contributed by atoms with Crippen molar-refractivity contribution in [2.45, 2.75) is 25.3 Å². The number of amides is 1. The number of hydrogen-bond donors (Lipinski definition) is 3. The van der Waals surface area contributed by atoms with Crippen LogP contribution in [0.2, 0.25) is 0 Å². The number of rotatable bonds is 12. The van der Waals surface area contributed by atoms with Gasteiger partial charge in [0.25, 0.3) is 5.91 Å². The number of anilines is 1. The molecule has 1 amide bonds. The lowest BCUT2D eigenvalue weighted by atomic mass is 10.1. The van der Waals surface area contributed by atoms with E-state index in [9.17, 15) is 14.7 Å². The quantitative estimate of drug-likeness (QED) is 0.346. The fourth-order valence-corrected chi connectivity index (χ4v) is 3.00. The number of nitrogens with one attached hydrogen (secondary N) is 2. The first kappa shape index (κ1) is 25.6. The molecular weight excluding hydrogens is 444 g/mol. The van der Waals surface area contributed by atoms with Gasteiger partial charge in [-0.3, -0.25) is 4.79 Å². The number of carbonyl (C=O) groups is 2. The predicted octanol–water partition coefficient (Wildman–Crippen LogP) is 3.60. The normalized spacial score (nSPS) is 11.0. The number of unbranched alkanes of at least 4 members (excludes halogenated alkanes) is 1. The van der Waals surface area contributed by atoms with Gasteiger partial charge in [0, 0.05) is 30.9 Å². The minimum atomic E-state index is -1.08. The van der Waals surface area contributed by atoms with Crippen LogP contribution < -0.4 is 15.4 Å². The molecule has 0 saturated heterocycles. The number of carbonyl (C=O) groups excluding carboxylic acids is 1. The number of carboxylic acids is 1. The van der Waals surface area contributed by atoms with Crippen molar-refractivity contribution in [2.75, 3.05) is 18.5 Å². The van der Waals surface area contributed by atoms with Crippen LogP contribution in [0, 0.1) is 0 Å². The van der Waals surface area contributed by atoms with Crippen molar-refractivity contribution in [1.29, 1.82) is 0 Å². The Hall–Kier alpha value is -3.65. The smallest absolute Gasteiger partial charge is 0.326 e. The molecule has 0 aliphatic carbocycles. The number of aliphatic carboxylic acids is 1. The van der Waals surface area contributed by atoms with E-state index in [1.165, 1.54) is 0 Å². The van der Waals surface area contributed by atoms with Crippen molar-refractivity contribution in [3.05, 3.63) is 84.2 Å². The van der Waals surface area contributed by atoms with Gasteiger partial charge in [0.2, 0.25) is 5.95 Å². The summed E-state index contributed by atoms with van der Waals surface area (Å²) in [5.74, 6) is -0.160. The van der Waals surface area contributed by atoms with Crippen LogP contribution in [0.25, 0.3) is 0 Å². The van der Waals surface area contributed by atoms with E-state index in [-0.39, 0.29) is 18.8 Å². The topological polar surface area (TPSA) is 113 Å². The Morgan fingerprint density at radius 2 is 1.64 bits per heavy atom. The molecule has 0 radical (unpaired) electrons. The zero-order valence-corrected chi connectivity index (χ0v) is 18.8. The SMILES string of the molecule is Cl.O=C(NC(Cc1ccc(OCCCCNc2ncccn2)cc1)C(=O)O)c1ccccc1. The Kier molecular flexibility index (Phi) is 10.6. The van der Waals surface area contributed by atoms with Crippen LogP contribution in [0.1, 0.15) is 28.8 Å². The summed E-state index contributed by atoms with van der Waals surface area (Å²) in [7, 11) is 0. The summed E-state index contributed by atoms with van der Waals surface area (Å²) < 4.78 is 5.74. The fraction of sp³-hybridized carbons (Fsp3) is 0.250. The van der Waals surface area contributed by atoms with Gasteiger partial charge < -0.3 is 20.5 Å². The molecule has 1 aromatic heterocycles. The fourth-order valence-electron chi connectivity index (χ4n) is 3.00. The second-order valence-corrected chi connectivity index (χ2v) is 7.13. The third kappa shape index (κ3) is 8.78. The number of ether oxygens (including phenoxy) is 1. The Labute approximate surface area is 198 Å². The van der Waals surface area contributed by atoms with Gasteiger partial charge in [0.15, 0.2) is 0 Å². The Balaban J connectivity index is 0.00000385. The van der Waals surface area contributed by atoms with Gasteiger partial charge in [-0.05, 0) is 48.7 Å². The zero-order valence-electron chi connectivity index (χ0n) is 18.0. The van der Waals surface area contributed by atoms with Crippen LogP contribution >= 0.6 is 12.4 Å². The molecule has 0 fully saturated rings. The van der Waals surface area contributed by atoms with Gasteiger partial charge in [-0.2, -0.15) is 0 Å². The number of carboxylic acid groups (broad SMARTS) is 1. The Morgan fingerprint density at radius 3 is 2.30 bits per heavy atom. The monoisotopic (exact) mass is 470 g/mol. The molecule has 0 spiro atoms. The van der Waals surface area contributed by atoms with E-state index in [2.05, 4.69) is 20.6 Å². The van der Waals surface area contributed by atoms with Gasteiger partial charge in [0.05, 0.1) is 6.61 Å². The summed E-state index contributed by atoms with van der Waals surface area (Å²) >= 11 is 0. The predicted molar refractivity (Wildman–Crippen MR) is 128 cm³/mol. The summed E-state index contributed by atoms with van der Waals surface area (Å²) in [6.07, 6.45) is 5.35. The van der Waals surface area contributed by atoms with Gasteiger partial charge in [-0.15, -0.1) is 12.4 Å². The van der Waals surface area contributed by atoms with E-state index >= 15 is 0 Å². The standard InChI is InChI=1S/C24H26N4O4.ClH/c29-22(19-7-2-1-3-8-19)28-21(23(30)31)17-18-9-11-20(12-10-18)32-16-5-4-13-25-24-26-14-6-15-27-24;/h1-3,6-12,14-15,21H,4-5,13,16-17H2,(H,28,29)(H,30,31)(H,25,26,27);1H. The van der Waals surface area contributed by atoms with E-state index in [1.807, 2.05) is 24.3 Å². The molecule has 3 N–H and O–H groups in total. The number of halogens is 1. The van der Waals surface area contributed by atoms with E-state index in [1.54, 1.807) is 48.8 Å². The van der Waals surface area contributed by atoms with Crippen LogP contribution in [-0.4, -0.2) is 46.1 Å². The van der Waals surface area contributed by atoms with Crippen molar-refractivity contribution < 1.29 is 19.4 Å². The number of hydrogen-bond acceptors (Lipinski definition) is 6. The van der Waals surface area contributed by atoms with Crippen LogP contribution in [0.5, 0.6) is 5.75 Å². The summed E-state index contributed by atoms with van der Waals surface area (Å²) in [5, 5.41) is 15.2. The molecular formula is C24H27ClN4O4. The molecule has 3 rings (SSSR count). The molecule has 8 nitrogen and oxygen atoms in total. The molecule has 1 unspecified atom stereocenters. The average molecular weight is 471 g/mol. The van der Waals surface area contributed by atoms with Crippen molar-refractivity contribution >= 4 is 30.2 Å². The molecule has 0 aliphatic rings. The Bertz CT molecular complexity index is 988. The molecule has 0 aliphatic heterocycles. The highest BCUT2D eigenvalue weighted by Gasteiger charge is 2.21. The maximum absolute atomic E-state index is 12.3. The second kappa shape index (κ2) is 13.7. The van der Waals surface area contributed by atoms with Crippen LogP contribution in [-0.2, 0) is 11.2 Å². The first-order chi connectivity index (χ1) is 15.6. The molecule has 1 atom stereocenters. The Morgan fingerprint density at radius 1 is 0.939 bits per heavy atom. The second-order valence-electron chi connectivity index (χ2n) is 7.13. The zero-order chi connectivity index (χ0) is 22.6. The van der Waals surface area contributed by atoms with Gasteiger partial charge >= 0.3 is 5.97 Å². The summed E-state index contributed by atoms with van der Waals surface area (Å²) in [6.45, 7) is 1.33. The van der Waals surface area contributed by atoms with Crippen LogP contribution in [0.15, 0.2) is 73.1 Å². The highest BCUT2D eigenvalue weighted by Crippen LogP contribution is 2.14. The van der Waals surface area contributed by atoms with E-state index in [0.29, 0.717) is 23.9 Å². The molecule has 9 heteroatoms. The molecule has 1 heterocycles. The van der Waals surface area contributed by atoms with Crippen molar-refractivity contribution in [3.8, 4) is 5.75 Å². The molecule has 0 saturated carbocycles. The number of nitrogens with zero attached hydrogens (tertiary/aromatic N) is 2. The molecule has 3 aromatic rings. The molecule has 0 bridgehead atoms. The van der Waals surface area contributed by atoms with Gasteiger partial charge in [-0.1, -0.05) is 30.3 Å². The third-order valence-corrected chi connectivity index (χ3v) is 4.69. The number of aromatic nitrogens is 2. The highest BCUT2D eigenvalue weighted by atomic mass is 35.5. The van der Waals surface area contributed by atoms with Gasteiger partial charge in [-0.25, -0.2) is 14.8 Å². The number of benzene rings is 2. The third-order valence-electron chi connectivity index (χ3n) is 4.69. The largest absolute Gasteiger partial charge is 0.494 e. The van der Waals surface area contributed by atoms with E-state index < -0.39 is 17.9 Å². The average Bonchev–Trinajstić information content (AvgIpc) is 2.83. The maximum Gasteiger partial charge on any atom is 0.326 e. The summed E-state index contributed by atoms with van der Waals surface area (Å²) in [4.78, 5) is 32.1. The lowest BCUT2D eigenvalue weighted by molar-refractivity contribution is -0.139. The summed E-state index contributed by atoms with van der Waals surface area (Å²) in [6, 6.07) is 16.6.